The highest BCUT2D eigenvalue weighted by Gasteiger charge is 2.19. The van der Waals surface area contributed by atoms with Gasteiger partial charge in [-0.1, -0.05) is 11.6 Å². The van der Waals surface area contributed by atoms with Crippen molar-refractivity contribution in [3.63, 3.8) is 0 Å². The molecule has 0 aliphatic heterocycles. The molecule has 0 radical (unpaired) electrons. The highest BCUT2D eigenvalue weighted by Crippen LogP contribution is 2.21. The Labute approximate surface area is 112 Å². The predicted octanol–water partition coefficient (Wildman–Crippen LogP) is 0.877. The molecule has 10 heteroatoms. The highest BCUT2D eigenvalue weighted by molar-refractivity contribution is 6.32. The summed E-state index contributed by atoms with van der Waals surface area (Å²) in [6.07, 6.45) is 1.35. The van der Waals surface area contributed by atoms with E-state index in [0.29, 0.717) is 17.3 Å². The van der Waals surface area contributed by atoms with Crippen molar-refractivity contribution >= 4 is 23.2 Å². The number of aromatic nitrogens is 4. The van der Waals surface area contributed by atoms with Crippen LogP contribution in [0, 0.1) is 17.0 Å². The molecule has 3 N–H and O–H groups in total. The average molecular weight is 284 g/mol. The molecule has 2 rings (SSSR count). The Morgan fingerprint density at radius 1 is 1.58 bits per heavy atom. The Morgan fingerprint density at radius 2 is 2.32 bits per heavy atom. The van der Waals surface area contributed by atoms with E-state index in [0.717, 1.165) is 0 Å². The Morgan fingerprint density at radius 3 is 2.89 bits per heavy atom. The van der Waals surface area contributed by atoms with E-state index in [1.54, 1.807) is 13.0 Å². The number of nitrogens with one attached hydrogen (secondary N) is 1. The molecule has 0 saturated carbocycles. The van der Waals surface area contributed by atoms with Crippen LogP contribution >= 0.6 is 11.6 Å². The SMILES string of the molecule is Cc1cc(NN)nc(Cn2cc(Cl)c([N+](=O)[O-])n2)n1. The zero-order chi connectivity index (χ0) is 14.0. The largest absolute Gasteiger partial charge is 0.408 e. The zero-order valence-electron chi connectivity index (χ0n) is 9.87. The van der Waals surface area contributed by atoms with E-state index < -0.39 is 10.7 Å². The number of nitrogens with zero attached hydrogens (tertiary/aromatic N) is 5. The van der Waals surface area contributed by atoms with Crippen LogP contribution in [-0.2, 0) is 6.54 Å². The summed E-state index contributed by atoms with van der Waals surface area (Å²) in [6, 6.07) is 1.67. The lowest BCUT2D eigenvalue weighted by Crippen LogP contribution is -2.13. The second-order valence-electron chi connectivity index (χ2n) is 3.71. The van der Waals surface area contributed by atoms with E-state index in [-0.39, 0.29) is 11.6 Å². The maximum atomic E-state index is 10.6. The van der Waals surface area contributed by atoms with Gasteiger partial charge in [-0.05, 0) is 11.8 Å². The van der Waals surface area contributed by atoms with Crippen molar-refractivity contribution in [3.05, 3.63) is 38.9 Å². The van der Waals surface area contributed by atoms with Gasteiger partial charge in [0.1, 0.15) is 12.4 Å². The van der Waals surface area contributed by atoms with Crippen molar-refractivity contribution in [2.24, 2.45) is 5.84 Å². The molecule has 2 heterocycles. The summed E-state index contributed by atoms with van der Waals surface area (Å²) in [6.45, 7) is 1.94. The molecule has 0 bridgehead atoms. The van der Waals surface area contributed by atoms with Crippen LogP contribution in [-0.4, -0.2) is 24.7 Å². The summed E-state index contributed by atoms with van der Waals surface area (Å²) in [7, 11) is 0. The van der Waals surface area contributed by atoms with E-state index >= 15 is 0 Å². The third-order valence-corrected chi connectivity index (χ3v) is 2.49. The number of hydrogen-bond donors (Lipinski definition) is 2. The minimum Gasteiger partial charge on any atom is -0.358 e. The Kier molecular flexibility index (Phi) is 3.58. The molecular formula is C9H10ClN7O2. The third-order valence-electron chi connectivity index (χ3n) is 2.22. The molecule has 0 unspecified atom stereocenters. The lowest BCUT2D eigenvalue weighted by Gasteiger charge is -2.03. The minimum absolute atomic E-state index is 0.0326. The van der Waals surface area contributed by atoms with Crippen LogP contribution in [0.2, 0.25) is 5.02 Å². The smallest absolute Gasteiger partial charge is 0.358 e. The number of hydrazine groups is 1. The van der Waals surface area contributed by atoms with Gasteiger partial charge in [0.25, 0.3) is 0 Å². The molecule has 2 aromatic heterocycles. The standard InChI is InChI=1S/C9H10ClN7O2/c1-5-2-7(14-11)13-8(12-5)4-16-3-6(10)9(15-16)17(18)19/h2-3H,4,11H2,1H3,(H,12,13,14). The lowest BCUT2D eigenvalue weighted by atomic mass is 10.4. The first kappa shape index (κ1) is 13.2. The molecule has 100 valence electrons. The number of nitro groups is 1. The van der Waals surface area contributed by atoms with Crippen molar-refractivity contribution in [1.29, 1.82) is 0 Å². The van der Waals surface area contributed by atoms with Crippen molar-refractivity contribution in [2.45, 2.75) is 13.5 Å². The van der Waals surface area contributed by atoms with Crippen LogP contribution in [0.4, 0.5) is 11.6 Å². The lowest BCUT2D eigenvalue weighted by molar-refractivity contribution is -0.389. The molecule has 9 nitrogen and oxygen atoms in total. The molecule has 19 heavy (non-hydrogen) atoms. The number of nitrogens with two attached hydrogens (primary N) is 1. The second kappa shape index (κ2) is 5.16. The molecule has 0 aliphatic rings. The first-order valence-corrected chi connectivity index (χ1v) is 5.56. The highest BCUT2D eigenvalue weighted by atomic mass is 35.5. The average Bonchev–Trinajstić information content (AvgIpc) is 2.69. The van der Waals surface area contributed by atoms with Crippen LogP contribution < -0.4 is 11.3 Å². The molecular weight excluding hydrogens is 274 g/mol. The molecule has 0 aromatic carbocycles. The van der Waals surface area contributed by atoms with Crippen molar-refractivity contribution < 1.29 is 4.92 Å². The summed E-state index contributed by atoms with van der Waals surface area (Å²) in [4.78, 5) is 18.3. The molecule has 0 spiro atoms. The zero-order valence-corrected chi connectivity index (χ0v) is 10.6. The first-order valence-electron chi connectivity index (χ1n) is 5.18. The summed E-state index contributed by atoms with van der Waals surface area (Å²) in [5, 5.41) is 14.3. The Bertz CT molecular complexity index is 627. The van der Waals surface area contributed by atoms with Crippen LogP contribution in [0.3, 0.4) is 0 Å². The molecule has 0 fully saturated rings. The maximum absolute atomic E-state index is 10.6. The van der Waals surface area contributed by atoms with E-state index in [9.17, 15) is 10.1 Å². The second-order valence-corrected chi connectivity index (χ2v) is 4.12. The van der Waals surface area contributed by atoms with Crippen LogP contribution in [0.25, 0.3) is 0 Å². The number of hydrogen-bond acceptors (Lipinski definition) is 7. The fourth-order valence-electron chi connectivity index (χ4n) is 1.51. The molecule has 0 amide bonds. The summed E-state index contributed by atoms with van der Waals surface area (Å²) in [5.41, 5.74) is 3.13. The topological polar surface area (TPSA) is 125 Å². The third kappa shape index (κ3) is 2.95. The van der Waals surface area contributed by atoms with Gasteiger partial charge in [0.2, 0.25) is 0 Å². The Balaban J connectivity index is 2.28. The van der Waals surface area contributed by atoms with Gasteiger partial charge in [-0.3, -0.25) is 0 Å². The van der Waals surface area contributed by atoms with Crippen molar-refractivity contribution in [1.82, 2.24) is 19.7 Å². The summed E-state index contributed by atoms with van der Waals surface area (Å²) < 4.78 is 1.30. The summed E-state index contributed by atoms with van der Waals surface area (Å²) in [5.74, 6) is 5.75. The van der Waals surface area contributed by atoms with Gasteiger partial charge >= 0.3 is 5.82 Å². The quantitative estimate of drug-likeness (QED) is 0.484. The van der Waals surface area contributed by atoms with Gasteiger partial charge in [0, 0.05) is 11.8 Å². The number of aryl methyl sites for hydroxylation is 1. The van der Waals surface area contributed by atoms with E-state index in [1.807, 2.05) is 0 Å². The van der Waals surface area contributed by atoms with Crippen LogP contribution in [0.1, 0.15) is 11.5 Å². The van der Waals surface area contributed by atoms with Gasteiger partial charge in [0.05, 0.1) is 11.3 Å². The molecule has 0 saturated heterocycles. The Hall–Kier alpha value is -2.26. The maximum Gasteiger partial charge on any atom is 0.408 e. The molecule has 2 aromatic rings. The number of anilines is 1. The summed E-state index contributed by atoms with van der Waals surface area (Å²) >= 11 is 5.70. The number of nitrogen functional groups attached to an aromatic ring is 1. The van der Waals surface area contributed by atoms with E-state index in [4.69, 9.17) is 17.4 Å². The van der Waals surface area contributed by atoms with Crippen molar-refractivity contribution in [3.8, 4) is 0 Å². The number of rotatable bonds is 4. The van der Waals surface area contributed by atoms with E-state index in [2.05, 4.69) is 20.5 Å². The fraction of sp³-hybridized carbons (Fsp3) is 0.222. The van der Waals surface area contributed by atoms with Crippen molar-refractivity contribution in [2.75, 3.05) is 5.43 Å². The molecule has 0 atom stereocenters. The number of halogens is 1. The minimum atomic E-state index is -0.650. The normalized spacial score (nSPS) is 10.5. The van der Waals surface area contributed by atoms with Crippen LogP contribution in [0.5, 0.6) is 0 Å². The van der Waals surface area contributed by atoms with Gasteiger partial charge in [-0.2, -0.15) is 4.68 Å². The van der Waals surface area contributed by atoms with E-state index in [1.165, 1.54) is 10.9 Å². The van der Waals surface area contributed by atoms with Gasteiger partial charge < -0.3 is 15.5 Å². The van der Waals surface area contributed by atoms with Crippen LogP contribution in [0.15, 0.2) is 12.3 Å². The molecule has 0 aliphatic carbocycles. The van der Waals surface area contributed by atoms with Gasteiger partial charge in [0.15, 0.2) is 10.8 Å². The fourth-order valence-corrected chi connectivity index (χ4v) is 1.73. The van der Waals surface area contributed by atoms with Gasteiger partial charge in [-0.25, -0.2) is 15.8 Å². The van der Waals surface area contributed by atoms with Gasteiger partial charge in [-0.15, -0.1) is 0 Å². The predicted molar refractivity (Wildman–Crippen MR) is 67.6 cm³/mol. The monoisotopic (exact) mass is 283 g/mol. The first-order chi connectivity index (χ1) is 8.99.